The normalized spacial score (nSPS) is 16.0. The van der Waals surface area contributed by atoms with Crippen molar-refractivity contribution < 1.29 is 7.31 Å². The fourth-order valence-electron chi connectivity index (χ4n) is 3.43. The van der Waals surface area contributed by atoms with Crippen molar-refractivity contribution >= 4 is 24.1 Å². The van der Waals surface area contributed by atoms with Crippen LogP contribution >= 0.6 is 0 Å². The third-order valence-electron chi connectivity index (χ3n) is 4.47. The van der Waals surface area contributed by atoms with E-state index in [2.05, 4.69) is 53.8 Å². The van der Waals surface area contributed by atoms with Crippen molar-refractivity contribution in [3.63, 3.8) is 0 Å². The van der Waals surface area contributed by atoms with Crippen molar-refractivity contribution in [2.45, 2.75) is 27.1 Å². The van der Waals surface area contributed by atoms with Crippen molar-refractivity contribution in [2.75, 3.05) is 7.05 Å². The quantitative estimate of drug-likeness (QED) is 0.606. The van der Waals surface area contributed by atoms with Gasteiger partial charge in [0.15, 0.2) is 11.8 Å². The highest BCUT2D eigenvalue weighted by Crippen LogP contribution is 2.10. The molecule has 0 amide bonds. The molecule has 0 saturated carbocycles. The van der Waals surface area contributed by atoms with Crippen LogP contribution in [-0.2, 0) is 13.4 Å². The van der Waals surface area contributed by atoms with Crippen LogP contribution in [0.3, 0.4) is 0 Å². The van der Waals surface area contributed by atoms with Crippen molar-refractivity contribution in [3.05, 3.63) is 58.6 Å². The molecule has 118 valence electrons. The van der Waals surface area contributed by atoms with Crippen LogP contribution in [0.4, 0.5) is 0 Å². The van der Waals surface area contributed by atoms with E-state index in [-0.39, 0.29) is 12.8 Å². The summed E-state index contributed by atoms with van der Waals surface area (Å²) in [5.74, 6) is -0.0745. The summed E-state index contributed by atoms with van der Waals surface area (Å²) in [7, 11) is 4.12. The van der Waals surface area contributed by atoms with Gasteiger partial charge in [-0.25, -0.2) is 4.57 Å². The van der Waals surface area contributed by atoms with Gasteiger partial charge in [-0.15, -0.1) is 0 Å². The van der Waals surface area contributed by atoms with Gasteiger partial charge in [-0.3, -0.25) is 0 Å². The lowest BCUT2D eigenvalue weighted by molar-refractivity contribution is -0.654. The molecule has 0 bridgehead atoms. The number of rotatable bonds is 3. The number of nitrogens with zero attached hydrogens (tertiary/aromatic N) is 2. The smallest absolute Gasteiger partial charge is 0.399 e. The molecule has 3 rings (SSSR count). The highest BCUT2D eigenvalue weighted by molar-refractivity contribution is 6.85. The maximum Gasteiger partial charge on any atom is 0.399 e. The molecule has 23 heavy (non-hydrogen) atoms. The Morgan fingerprint density at radius 3 is 2.74 bits per heavy atom. The zero-order chi connectivity index (χ0) is 18.4. The van der Waals surface area contributed by atoms with Crippen molar-refractivity contribution in [1.82, 2.24) is 4.81 Å². The van der Waals surface area contributed by atoms with E-state index in [1.165, 1.54) is 15.9 Å². The standard InChI is InChI=1S/C20H26BN2/c1-15(2)12-17-10-11-22(4)20(13-17)21-16(3)19-9-7-6-8-18(19)14-23(21)5/h6-11,13-15H,12H2,1-5H3/q+1/i12D2. The Hall–Kier alpha value is -2.03. The van der Waals surface area contributed by atoms with E-state index in [9.17, 15) is 0 Å². The van der Waals surface area contributed by atoms with Gasteiger partial charge < -0.3 is 4.81 Å². The lowest BCUT2D eigenvalue weighted by atomic mass is 9.49. The number of hydrogen-bond acceptors (Lipinski definition) is 1. The Kier molecular flexibility index (Phi) is 3.63. The van der Waals surface area contributed by atoms with E-state index in [0.29, 0.717) is 0 Å². The van der Waals surface area contributed by atoms with Crippen LogP contribution in [-0.4, -0.2) is 18.7 Å². The van der Waals surface area contributed by atoms with Crippen LogP contribution < -0.4 is 20.6 Å². The Labute approximate surface area is 142 Å². The first kappa shape index (κ1) is 13.4. The highest BCUT2D eigenvalue weighted by Gasteiger charge is 2.33. The SMILES string of the molecule is [2H]C([2H])(c1cc[n+](C)c(B2C(C)=c3ccccc3=CN2C)c1)C(C)C. The Morgan fingerprint density at radius 1 is 1.26 bits per heavy atom. The summed E-state index contributed by atoms with van der Waals surface area (Å²) in [6.07, 6.45) is 2.81. The van der Waals surface area contributed by atoms with Gasteiger partial charge in [0.1, 0.15) is 7.05 Å². The number of hydrogen-bond donors (Lipinski definition) is 0. The second kappa shape index (κ2) is 6.23. The predicted octanol–water partition coefficient (Wildman–Crippen LogP) is 1.00. The van der Waals surface area contributed by atoms with Crippen LogP contribution in [0.1, 0.15) is 29.1 Å². The van der Waals surface area contributed by atoms with E-state index < -0.39 is 6.37 Å². The fraction of sp³-hybridized carbons (Fsp3) is 0.350. The van der Waals surface area contributed by atoms with Gasteiger partial charge in [-0.2, -0.15) is 0 Å². The number of fused-ring (bicyclic) bond motifs is 1. The minimum Gasteiger partial charge on any atom is -0.410 e. The van der Waals surface area contributed by atoms with Gasteiger partial charge in [0.05, 0.1) is 0 Å². The maximum absolute atomic E-state index is 8.45. The topological polar surface area (TPSA) is 7.12 Å². The fourth-order valence-corrected chi connectivity index (χ4v) is 3.43. The second-order valence-corrected chi connectivity index (χ2v) is 6.72. The molecule has 1 aromatic heterocycles. The minimum absolute atomic E-state index is 0.0745. The molecule has 1 aliphatic rings. The van der Waals surface area contributed by atoms with Crippen LogP contribution in [0.25, 0.3) is 11.7 Å². The van der Waals surface area contributed by atoms with Crippen molar-refractivity contribution in [1.29, 1.82) is 0 Å². The first-order valence-corrected chi connectivity index (χ1v) is 8.23. The molecule has 0 fully saturated rings. The third kappa shape index (κ3) is 3.05. The number of aryl methyl sites for hydroxylation is 1. The van der Waals surface area contributed by atoms with E-state index in [4.69, 9.17) is 2.74 Å². The molecule has 0 spiro atoms. The molecule has 0 atom stereocenters. The maximum atomic E-state index is 8.45. The molecule has 2 nitrogen and oxygen atoms in total. The summed E-state index contributed by atoms with van der Waals surface area (Å²) in [6, 6.07) is 12.4. The van der Waals surface area contributed by atoms with Gasteiger partial charge in [0, 0.05) is 14.9 Å². The van der Waals surface area contributed by atoms with Gasteiger partial charge in [0.25, 0.3) is 0 Å². The summed E-state index contributed by atoms with van der Waals surface area (Å²) in [4.78, 5) is 2.22. The summed E-state index contributed by atoms with van der Waals surface area (Å²) in [5.41, 5.74) is 3.14. The molecule has 1 aromatic carbocycles. The lowest BCUT2D eigenvalue weighted by Gasteiger charge is -2.26. The molecule has 0 unspecified atom stereocenters. The molecular weight excluding hydrogens is 279 g/mol. The highest BCUT2D eigenvalue weighted by atomic mass is 15.0. The molecule has 3 heteroatoms. The van der Waals surface area contributed by atoms with Gasteiger partial charge in [0.2, 0.25) is 0 Å². The van der Waals surface area contributed by atoms with Gasteiger partial charge in [-0.1, -0.05) is 43.6 Å². The minimum atomic E-state index is -1.34. The van der Waals surface area contributed by atoms with E-state index in [0.717, 1.165) is 11.2 Å². The van der Waals surface area contributed by atoms with E-state index >= 15 is 0 Å². The Morgan fingerprint density at radius 2 is 2.00 bits per heavy atom. The average molecular weight is 307 g/mol. The number of aromatic nitrogens is 1. The summed E-state index contributed by atoms with van der Waals surface area (Å²) in [6.45, 7) is 6.14. The van der Waals surface area contributed by atoms with Gasteiger partial charge >= 0.3 is 6.85 Å². The van der Waals surface area contributed by atoms with Crippen molar-refractivity contribution in [2.24, 2.45) is 13.0 Å². The van der Waals surface area contributed by atoms with Crippen LogP contribution in [0.2, 0.25) is 0 Å². The summed E-state index contributed by atoms with van der Waals surface area (Å²) in [5, 5.41) is 2.50. The lowest BCUT2D eigenvalue weighted by Crippen LogP contribution is -2.62. The zero-order valence-corrected chi connectivity index (χ0v) is 14.7. The van der Waals surface area contributed by atoms with Crippen LogP contribution in [0.15, 0.2) is 42.6 Å². The average Bonchev–Trinajstić information content (AvgIpc) is 2.56. The Balaban J connectivity index is 2.19. The number of pyridine rings is 1. The van der Waals surface area contributed by atoms with E-state index in [1.54, 1.807) is 0 Å². The van der Waals surface area contributed by atoms with E-state index in [1.807, 2.05) is 39.2 Å². The predicted molar refractivity (Wildman–Crippen MR) is 98.6 cm³/mol. The second-order valence-electron chi connectivity index (χ2n) is 6.72. The molecule has 0 aliphatic carbocycles. The molecule has 2 aromatic rings. The molecule has 0 radical (unpaired) electrons. The first-order chi connectivity index (χ1) is 11.7. The zero-order valence-electron chi connectivity index (χ0n) is 16.7. The monoisotopic (exact) mass is 307 g/mol. The molecular formula is C20H26BN2+. The third-order valence-corrected chi connectivity index (χ3v) is 4.47. The molecule has 1 aliphatic heterocycles. The van der Waals surface area contributed by atoms with Gasteiger partial charge in [-0.05, 0) is 48.5 Å². The summed E-state index contributed by atoms with van der Waals surface area (Å²) < 4.78 is 19.0. The van der Waals surface area contributed by atoms with Crippen molar-refractivity contribution in [3.8, 4) is 0 Å². The largest absolute Gasteiger partial charge is 0.410 e. The number of benzene rings is 1. The van der Waals surface area contributed by atoms with Crippen LogP contribution in [0.5, 0.6) is 0 Å². The molecule has 2 heterocycles. The van der Waals surface area contributed by atoms with Crippen LogP contribution in [0, 0.1) is 5.92 Å². The summed E-state index contributed by atoms with van der Waals surface area (Å²) >= 11 is 0. The molecule has 0 saturated heterocycles. The Bertz CT molecular complexity index is 922. The molecule has 0 N–H and O–H groups in total. The first-order valence-electron chi connectivity index (χ1n) is 9.23.